The zero-order valence-electron chi connectivity index (χ0n) is 10.2. The van der Waals surface area contributed by atoms with Crippen LogP contribution in [0.5, 0.6) is 0 Å². The number of nitrogens with zero attached hydrogens (tertiary/aromatic N) is 1. The molecule has 0 aliphatic rings. The molecule has 0 radical (unpaired) electrons. The lowest BCUT2D eigenvalue weighted by molar-refractivity contribution is 0.515. The smallest absolute Gasteiger partial charge is 0.197 e. The van der Waals surface area contributed by atoms with Crippen molar-refractivity contribution in [2.45, 2.75) is 17.8 Å². The van der Waals surface area contributed by atoms with Crippen molar-refractivity contribution in [3.8, 4) is 0 Å². The monoisotopic (exact) mass is 346 g/mol. The molecule has 0 bridgehead atoms. The van der Waals surface area contributed by atoms with Crippen LogP contribution in [0, 0.1) is 6.92 Å². The molecule has 0 fully saturated rings. The highest BCUT2D eigenvalue weighted by Crippen LogP contribution is 2.42. The Kier molecular flexibility index (Phi) is 5.76. The number of hydrogen-bond donors (Lipinski definition) is 1. The zero-order valence-corrected chi connectivity index (χ0v) is 13.4. The lowest BCUT2D eigenvalue weighted by Crippen LogP contribution is -2.38. The summed E-state index contributed by atoms with van der Waals surface area (Å²) in [5, 5.41) is 0. The molecule has 1 N–H and O–H groups in total. The third kappa shape index (κ3) is 5.35. The van der Waals surface area contributed by atoms with E-state index in [2.05, 4.69) is 4.72 Å². The maximum absolute atomic E-state index is 13.3. The molecule has 0 amide bonds. The van der Waals surface area contributed by atoms with E-state index in [-0.39, 0.29) is 24.2 Å². The fourth-order valence-corrected chi connectivity index (χ4v) is 4.06. The molecule has 108 valence electrons. The van der Waals surface area contributed by atoms with Gasteiger partial charge < -0.3 is 0 Å². The Hall–Kier alpha value is -0.210. The lowest BCUT2D eigenvalue weighted by Gasteiger charge is -2.25. The second kappa shape index (κ2) is 6.49. The molecule has 1 aromatic rings. The third-order valence-electron chi connectivity index (χ3n) is 1.98. The van der Waals surface area contributed by atoms with E-state index in [4.69, 9.17) is 23.2 Å². The average Bonchev–Trinajstić information content (AvgIpc) is 2.26. The van der Waals surface area contributed by atoms with Crippen molar-refractivity contribution in [1.82, 2.24) is 4.72 Å². The summed E-state index contributed by atoms with van der Waals surface area (Å²) in [6.07, 6.45) is 0. The van der Waals surface area contributed by atoms with Gasteiger partial charge in [-0.1, -0.05) is 47.8 Å². The number of alkyl halides is 3. The lowest BCUT2D eigenvalue weighted by atomic mass is 10.2. The molecule has 0 unspecified atom stereocenters. The van der Waals surface area contributed by atoms with Gasteiger partial charge >= 0.3 is 14.1 Å². The Labute approximate surface area is 126 Å². The van der Waals surface area contributed by atoms with Gasteiger partial charge in [-0.3, -0.25) is 0 Å². The largest absolute Gasteiger partial charge is 0.324 e. The van der Waals surface area contributed by atoms with Crippen LogP contribution < -0.4 is 8.43 Å². The minimum atomic E-state index is -3.93. The van der Waals surface area contributed by atoms with Crippen LogP contribution in [0.1, 0.15) is 12.5 Å². The minimum absolute atomic E-state index is 0.155. The first-order valence-corrected chi connectivity index (χ1v) is 8.25. The molecule has 0 atom stereocenters. The van der Waals surface area contributed by atoms with E-state index in [0.717, 1.165) is 9.27 Å². The molecule has 1 aromatic carbocycles. The van der Waals surface area contributed by atoms with Crippen molar-refractivity contribution in [2.75, 3.05) is 10.3 Å². The molecule has 19 heavy (non-hydrogen) atoms. The predicted molar refractivity (Wildman–Crippen MR) is 79.4 cm³/mol. The molecule has 0 saturated carbocycles. The highest BCUT2D eigenvalue weighted by Gasteiger charge is 2.34. The van der Waals surface area contributed by atoms with Crippen LogP contribution in [0.2, 0.25) is 0 Å². The second-order valence-electron chi connectivity index (χ2n) is 3.60. The SMILES string of the molecule is CCNS(=O)(=O)N(SC(F)(Cl)Cl)c1ccc(C)cc1. The normalized spacial score (nSPS) is 12.5. The summed E-state index contributed by atoms with van der Waals surface area (Å²) in [6, 6.07) is 6.48. The Morgan fingerprint density at radius 1 is 1.37 bits per heavy atom. The van der Waals surface area contributed by atoms with Crippen molar-refractivity contribution in [3.05, 3.63) is 29.8 Å². The number of nitrogens with one attached hydrogen (secondary N) is 1. The molecule has 0 aliphatic carbocycles. The van der Waals surface area contributed by atoms with Gasteiger partial charge in [0.15, 0.2) is 0 Å². The summed E-state index contributed by atoms with van der Waals surface area (Å²) in [5.41, 5.74) is 1.19. The predicted octanol–water partition coefficient (Wildman–Crippen LogP) is 3.36. The molecule has 9 heteroatoms. The Bertz CT molecular complexity index is 517. The molecule has 0 saturated heterocycles. The Morgan fingerprint density at radius 2 is 1.89 bits per heavy atom. The van der Waals surface area contributed by atoms with E-state index >= 15 is 0 Å². The molecular formula is C10H13Cl2FN2O2S2. The van der Waals surface area contributed by atoms with Gasteiger partial charge in [0.2, 0.25) is 0 Å². The summed E-state index contributed by atoms with van der Waals surface area (Å²) in [6.45, 7) is 3.62. The summed E-state index contributed by atoms with van der Waals surface area (Å²) in [5.74, 6) is 0. The van der Waals surface area contributed by atoms with E-state index in [1.165, 1.54) is 12.1 Å². The van der Waals surface area contributed by atoms with Gasteiger partial charge in [0.1, 0.15) is 0 Å². The summed E-state index contributed by atoms with van der Waals surface area (Å²) in [7, 11) is -3.93. The maximum atomic E-state index is 13.3. The molecule has 0 aliphatic heterocycles. The second-order valence-corrected chi connectivity index (χ2v) is 8.23. The van der Waals surface area contributed by atoms with Crippen LogP contribution in [-0.2, 0) is 10.2 Å². The Balaban J connectivity index is 3.16. The van der Waals surface area contributed by atoms with E-state index in [9.17, 15) is 12.8 Å². The van der Waals surface area contributed by atoms with E-state index in [1.807, 2.05) is 6.92 Å². The topological polar surface area (TPSA) is 49.4 Å². The van der Waals surface area contributed by atoms with Gasteiger partial charge in [-0.05, 0) is 19.1 Å². The van der Waals surface area contributed by atoms with Crippen molar-refractivity contribution in [3.63, 3.8) is 0 Å². The van der Waals surface area contributed by atoms with E-state index < -0.39 is 14.1 Å². The number of hydrogen-bond acceptors (Lipinski definition) is 3. The van der Waals surface area contributed by atoms with Gasteiger partial charge in [-0.15, -0.1) is 0 Å². The van der Waals surface area contributed by atoms with Crippen molar-refractivity contribution >= 4 is 51.0 Å². The minimum Gasteiger partial charge on any atom is -0.197 e. The van der Waals surface area contributed by atoms with Crippen molar-refractivity contribution in [2.24, 2.45) is 0 Å². The Morgan fingerprint density at radius 3 is 2.32 bits per heavy atom. The molecular weight excluding hydrogens is 334 g/mol. The fraction of sp³-hybridized carbons (Fsp3) is 0.400. The highest BCUT2D eigenvalue weighted by atomic mass is 35.5. The molecule has 0 aromatic heterocycles. The number of rotatable bonds is 6. The van der Waals surface area contributed by atoms with Crippen LogP contribution in [0.4, 0.5) is 10.1 Å². The number of benzene rings is 1. The molecule has 4 nitrogen and oxygen atoms in total. The van der Waals surface area contributed by atoms with Crippen LogP contribution in [0.3, 0.4) is 0 Å². The van der Waals surface area contributed by atoms with Crippen LogP contribution >= 0.6 is 35.1 Å². The van der Waals surface area contributed by atoms with Gasteiger partial charge in [0.05, 0.1) is 5.69 Å². The summed E-state index contributed by atoms with van der Waals surface area (Å²) < 4.78 is 37.6. The van der Waals surface area contributed by atoms with Crippen LogP contribution in [0.15, 0.2) is 24.3 Å². The molecule has 0 heterocycles. The standard InChI is InChI=1S/C10H13Cl2FN2O2S2/c1-3-14-19(16,17)15(18-10(11,12)13)9-6-4-8(2)5-7-9/h4-7,14H,3H2,1-2H3. The van der Waals surface area contributed by atoms with Gasteiger partial charge in [-0.2, -0.15) is 21.2 Å². The van der Waals surface area contributed by atoms with Crippen molar-refractivity contribution in [1.29, 1.82) is 0 Å². The summed E-state index contributed by atoms with van der Waals surface area (Å²) in [4.78, 5) is 0. The van der Waals surface area contributed by atoms with Crippen LogP contribution in [-0.4, -0.2) is 18.9 Å². The first kappa shape index (κ1) is 16.8. The van der Waals surface area contributed by atoms with Crippen molar-refractivity contribution < 1.29 is 12.8 Å². The molecule has 0 spiro atoms. The van der Waals surface area contributed by atoms with E-state index in [0.29, 0.717) is 0 Å². The third-order valence-corrected chi connectivity index (χ3v) is 5.09. The average molecular weight is 347 g/mol. The number of halogens is 3. The first-order valence-electron chi connectivity index (χ1n) is 5.28. The number of anilines is 1. The van der Waals surface area contributed by atoms with E-state index in [1.54, 1.807) is 19.1 Å². The highest BCUT2D eigenvalue weighted by molar-refractivity contribution is 8.16. The fourth-order valence-electron chi connectivity index (χ4n) is 1.24. The first-order chi connectivity index (χ1) is 8.65. The summed E-state index contributed by atoms with van der Waals surface area (Å²) >= 11 is 10.6. The maximum Gasteiger partial charge on any atom is 0.324 e. The van der Waals surface area contributed by atoms with Crippen LogP contribution in [0.25, 0.3) is 0 Å². The molecule has 1 rings (SSSR count). The van der Waals surface area contributed by atoms with Gasteiger partial charge in [0, 0.05) is 18.5 Å². The van der Waals surface area contributed by atoms with Gasteiger partial charge in [-0.25, -0.2) is 0 Å². The number of aryl methyl sites for hydroxylation is 1. The quantitative estimate of drug-likeness (QED) is 0.634. The van der Waals surface area contributed by atoms with Gasteiger partial charge in [0.25, 0.3) is 0 Å². The zero-order chi connectivity index (χ0) is 14.7.